The van der Waals surface area contributed by atoms with E-state index < -0.39 is 16.6 Å². The third-order valence-electron chi connectivity index (χ3n) is 0.749. The Labute approximate surface area is 56.4 Å². The van der Waals surface area contributed by atoms with Crippen LogP contribution in [0.15, 0.2) is 11.9 Å². The van der Waals surface area contributed by atoms with E-state index in [-0.39, 0.29) is 0 Å². The molecule has 10 heavy (non-hydrogen) atoms. The van der Waals surface area contributed by atoms with Crippen molar-refractivity contribution < 1.29 is 14.5 Å². The molecular weight excluding hydrogens is 140 g/mol. The minimum Gasteiger partial charge on any atom is -0.461 e. The molecule has 0 aliphatic rings. The lowest BCUT2D eigenvalue weighted by molar-refractivity contribution is -0.421. The Balaban J connectivity index is 4.39. The van der Waals surface area contributed by atoms with Gasteiger partial charge in [-0.25, -0.2) is 4.79 Å². The topological polar surface area (TPSA) is 95.5 Å². The number of nitrogens with zero attached hydrogens (tertiary/aromatic N) is 1. The quantitative estimate of drug-likeness (QED) is 0.239. The molecule has 0 saturated carbocycles. The van der Waals surface area contributed by atoms with E-state index in [1.807, 2.05) is 0 Å². The number of ether oxygens (including phenoxy) is 1. The standard InChI is InChI=1S/C4H6N2O4/c1-10-4(7)3(2-5)6(8)9/h2H,5H2,1H3. The number of hydrogen-bond acceptors (Lipinski definition) is 5. The van der Waals surface area contributed by atoms with Crippen molar-refractivity contribution in [3.63, 3.8) is 0 Å². The fraction of sp³-hybridized carbons (Fsp3) is 0.250. The smallest absolute Gasteiger partial charge is 0.411 e. The fourth-order valence-electron chi connectivity index (χ4n) is 0.308. The molecule has 56 valence electrons. The Hall–Kier alpha value is -1.59. The molecule has 0 saturated heterocycles. The SMILES string of the molecule is COC(=O)C(=CN)[N+](=O)[O-]. The van der Waals surface area contributed by atoms with Crippen molar-refractivity contribution in [2.24, 2.45) is 5.73 Å². The highest BCUT2D eigenvalue weighted by Crippen LogP contribution is 1.94. The predicted octanol–water partition coefficient (Wildman–Crippen LogP) is -0.764. The molecule has 0 fully saturated rings. The summed E-state index contributed by atoms with van der Waals surface area (Å²) in [4.78, 5) is 19.3. The lowest BCUT2D eigenvalue weighted by atomic mass is 10.5. The van der Waals surface area contributed by atoms with Crippen molar-refractivity contribution in [1.82, 2.24) is 0 Å². The summed E-state index contributed by atoms with van der Waals surface area (Å²) >= 11 is 0. The Morgan fingerprint density at radius 2 is 2.30 bits per heavy atom. The molecule has 0 spiro atoms. The summed E-state index contributed by atoms with van der Waals surface area (Å²) in [5.74, 6) is -1.05. The largest absolute Gasteiger partial charge is 0.461 e. The number of methoxy groups -OCH3 is 1. The normalized spacial score (nSPS) is 10.7. The van der Waals surface area contributed by atoms with Crippen LogP contribution in [-0.4, -0.2) is 18.0 Å². The van der Waals surface area contributed by atoms with Crippen LogP contribution in [0.3, 0.4) is 0 Å². The monoisotopic (exact) mass is 146 g/mol. The first-order valence-corrected chi connectivity index (χ1v) is 2.28. The summed E-state index contributed by atoms with van der Waals surface area (Å²) in [6, 6.07) is 0. The van der Waals surface area contributed by atoms with Gasteiger partial charge >= 0.3 is 11.7 Å². The maximum atomic E-state index is 10.4. The van der Waals surface area contributed by atoms with Crippen LogP contribution in [0.4, 0.5) is 0 Å². The van der Waals surface area contributed by atoms with Gasteiger partial charge in [0.15, 0.2) is 0 Å². The average molecular weight is 146 g/mol. The van der Waals surface area contributed by atoms with Gasteiger partial charge in [0.25, 0.3) is 0 Å². The van der Waals surface area contributed by atoms with Crippen molar-refractivity contribution in [1.29, 1.82) is 0 Å². The average Bonchev–Trinajstić information content (AvgIpc) is 1.88. The number of carbonyl (C=O) groups excluding carboxylic acids is 1. The predicted molar refractivity (Wildman–Crippen MR) is 31.3 cm³/mol. The number of nitrogens with two attached hydrogens (primary N) is 1. The molecule has 0 aliphatic carbocycles. The molecule has 0 bridgehead atoms. The van der Waals surface area contributed by atoms with Gasteiger partial charge in [-0.2, -0.15) is 0 Å². The first-order chi connectivity index (χ1) is 4.63. The molecule has 0 aromatic heterocycles. The van der Waals surface area contributed by atoms with Crippen LogP contribution < -0.4 is 5.73 Å². The molecule has 0 unspecified atom stereocenters. The molecule has 0 aromatic rings. The number of nitro groups is 1. The summed E-state index contributed by atoms with van der Waals surface area (Å²) in [5, 5.41) is 9.89. The molecule has 0 radical (unpaired) electrons. The zero-order valence-electron chi connectivity index (χ0n) is 5.23. The Morgan fingerprint density at radius 3 is 2.40 bits per heavy atom. The van der Waals surface area contributed by atoms with Gasteiger partial charge in [0.05, 0.1) is 18.2 Å². The number of rotatable bonds is 2. The summed E-state index contributed by atoms with van der Waals surface area (Å²) in [7, 11) is 1.04. The van der Waals surface area contributed by atoms with E-state index in [1.165, 1.54) is 0 Å². The lowest BCUT2D eigenvalue weighted by Crippen LogP contribution is -2.14. The molecule has 6 heteroatoms. The molecule has 0 aliphatic heterocycles. The minimum atomic E-state index is -1.05. The summed E-state index contributed by atoms with van der Waals surface area (Å²) < 4.78 is 4.04. The van der Waals surface area contributed by atoms with Crippen molar-refractivity contribution in [2.75, 3.05) is 7.11 Å². The van der Waals surface area contributed by atoms with Gasteiger partial charge in [0.2, 0.25) is 0 Å². The van der Waals surface area contributed by atoms with Crippen LogP contribution >= 0.6 is 0 Å². The third-order valence-corrected chi connectivity index (χ3v) is 0.749. The van der Waals surface area contributed by atoms with Crippen LogP contribution in [0.1, 0.15) is 0 Å². The van der Waals surface area contributed by atoms with Crippen molar-refractivity contribution >= 4 is 5.97 Å². The van der Waals surface area contributed by atoms with E-state index in [0.29, 0.717) is 6.20 Å². The molecule has 2 N–H and O–H groups in total. The molecule has 0 amide bonds. The Bertz CT molecular complexity index is 186. The number of hydrogen-bond donors (Lipinski definition) is 1. The van der Waals surface area contributed by atoms with E-state index >= 15 is 0 Å². The molecule has 0 rings (SSSR count). The van der Waals surface area contributed by atoms with E-state index in [4.69, 9.17) is 5.73 Å². The van der Waals surface area contributed by atoms with Gasteiger partial charge in [0, 0.05) is 0 Å². The van der Waals surface area contributed by atoms with Crippen molar-refractivity contribution in [3.05, 3.63) is 22.0 Å². The number of esters is 1. The van der Waals surface area contributed by atoms with Crippen molar-refractivity contribution in [3.8, 4) is 0 Å². The number of carbonyl (C=O) groups is 1. The highest BCUT2D eigenvalue weighted by molar-refractivity contribution is 5.85. The zero-order chi connectivity index (χ0) is 8.15. The second-order valence-electron chi connectivity index (χ2n) is 1.30. The Kier molecular flexibility index (Phi) is 2.89. The summed E-state index contributed by atoms with van der Waals surface area (Å²) in [5.41, 5.74) is 3.98. The van der Waals surface area contributed by atoms with E-state index in [9.17, 15) is 14.9 Å². The minimum absolute atomic E-state index is 0.589. The van der Waals surface area contributed by atoms with Gasteiger partial charge in [-0.1, -0.05) is 0 Å². The summed E-state index contributed by atoms with van der Waals surface area (Å²) in [6.45, 7) is 0. The first kappa shape index (κ1) is 8.41. The highest BCUT2D eigenvalue weighted by atomic mass is 16.6. The molecular formula is C4H6N2O4. The van der Waals surface area contributed by atoms with E-state index in [2.05, 4.69) is 4.74 Å². The fourth-order valence-corrected chi connectivity index (χ4v) is 0.308. The summed E-state index contributed by atoms with van der Waals surface area (Å²) in [6.07, 6.45) is 0.589. The van der Waals surface area contributed by atoms with Crippen LogP contribution in [-0.2, 0) is 9.53 Å². The highest BCUT2D eigenvalue weighted by Gasteiger charge is 2.20. The molecule has 0 aromatic carbocycles. The van der Waals surface area contributed by atoms with Crippen LogP contribution in [0.5, 0.6) is 0 Å². The van der Waals surface area contributed by atoms with Gasteiger partial charge in [-0.05, 0) is 0 Å². The van der Waals surface area contributed by atoms with Gasteiger partial charge < -0.3 is 10.5 Å². The lowest BCUT2D eigenvalue weighted by Gasteiger charge is -1.92. The second-order valence-corrected chi connectivity index (χ2v) is 1.30. The first-order valence-electron chi connectivity index (χ1n) is 2.28. The third kappa shape index (κ3) is 1.73. The van der Waals surface area contributed by atoms with Gasteiger partial charge in [-0.15, -0.1) is 0 Å². The van der Waals surface area contributed by atoms with Gasteiger partial charge in [0.1, 0.15) is 0 Å². The maximum Gasteiger partial charge on any atom is 0.411 e. The van der Waals surface area contributed by atoms with Gasteiger partial charge in [-0.3, -0.25) is 10.1 Å². The van der Waals surface area contributed by atoms with Crippen LogP contribution in [0.25, 0.3) is 0 Å². The molecule has 0 atom stereocenters. The molecule has 6 nitrogen and oxygen atoms in total. The maximum absolute atomic E-state index is 10.4. The zero-order valence-corrected chi connectivity index (χ0v) is 5.23. The second kappa shape index (κ2) is 3.44. The van der Waals surface area contributed by atoms with E-state index in [0.717, 1.165) is 7.11 Å². The van der Waals surface area contributed by atoms with E-state index in [1.54, 1.807) is 0 Å². The molecule has 0 heterocycles. The van der Waals surface area contributed by atoms with Crippen molar-refractivity contribution in [2.45, 2.75) is 0 Å². The van der Waals surface area contributed by atoms with Crippen LogP contribution in [0.2, 0.25) is 0 Å². The van der Waals surface area contributed by atoms with Crippen LogP contribution in [0, 0.1) is 10.1 Å². The Morgan fingerprint density at radius 1 is 1.80 bits per heavy atom.